The predicted molar refractivity (Wildman–Crippen MR) is 70.2 cm³/mol. The topological polar surface area (TPSA) is 24.9 Å². The Bertz CT molecular complexity index is 507. The number of anilines is 1. The first kappa shape index (κ1) is 10.3. The highest BCUT2D eigenvalue weighted by Gasteiger charge is 2.24. The van der Waals surface area contributed by atoms with Gasteiger partial charge in [0.2, 0.25) is 0 Å². The molecule has 1 aliphatic heterocycles. The summed E-state index contributed by atoms with van der Waals surface area (Å²) < 4.78 is 0. The minimum atomic E-state index is 0.469. The normalized spacial score (nSPS) is 22.6. The second kappa shape index (κ2) is 4.21. The molecule has 0 bridgehead atoms. The highest BCUT2D eigenvalue weighted by molar-refractivity contribution is 5.57. The van der Waals surface area contributed by atoms with Crippen molar-refractivity contribution >= 4 is 5.69 Å². The molecule has 0 saturated carbocycles. The maximum absolute atomic E-state index is 4.24. The van der Waals surface area contributed by atoms with Crippen molar-refractivity contribution in [2.45, 2.75) is 25.3 Å². The highest BCUT2D eigenvalue weighted by Crippen LogP contribution is 2.37. The van der Waals surface area contributed by atoms with E-state index in [1.807, 2.05) is 18.5 Å². The van der Waals surface area contributed by atoms with Crippen molar-refractivity contribution in [1.29, 1.82) is 0 Å². The van der Waals surface area contributed by atoms with E-state index in [-0.39, 0.29) is 0 Å². The second-order valence-electron chi connectivity index (χ2n) is 4.71. The average molecular weight is 224 g/mol. The lowest BCUT2D eigenvalue weighted by Gasteiger charge is -2.31. The molecule has 0 aliphatic carbocycles. The summed E-state index contributed by atoms with van der Waals surface area (Å²) in [4.78, 5) is 4.24. The predicted octanol–water partition coefficient (Wildman–Crippen LogP) is 3.42. The molecule has 2 heterocycles. The molecule has 86 valence electrons. The van der Waals surface area contributed by atoms with E-state index in [1.165, 1.54) is 16.8 Å². The van der Waals surface area contributed by atoms with Crippen molar-refractivity contribution < 1.29 is 0 Å². The van der Waals surface area contributed by atoms with Crippen LogP contribution in [0.4, 0.5) is 5.69 Å². The number of benzene rings is 1. The lowest BCUT2D eigenvalue weighted by molar-refractivity contribution is 0.613. The van der Waals surface area contributed by atoms with E-state index in [9.17, 15) is 0 Å². The third-order valence-electron chi connectivity index (χ3n) is 3.41. The Morgan fingerprint density at radius 2 is 2.06 bits per heavy atom. The fourth-order valence-electron chi connectivity index (χ4n) is 2.63. The zero-order valence-electron chi connectivity index (χ0n) is 9.93. The minimum absolute atomic E-state index is 0.469. The molecule has 0 saturated heterocycles. The molecule has 3 rings (SSSR count). The van der Waals surface area contributed by atoms with E-state index in [1.54, 1.807) is 0 Å². The van der Waals surface area contributed by atoms with Gasteiger partial charge in [0.1, 0.15) is 0 Å². The van der Waals surface area contributed by atoms with Crippen molar-refractivity contribution in [3.05, 3.63) is 59.9 Å². The number of aromatic nitrogens is 1. The maximum atomic E-state index is 4.24. The number of rotatable bonds is 1. The first-order chi connectivity index (χ1) is 8.34. The number of pyridine rings is 1. The molecule has 1 aromatic carbocycles. The van der Waals surface area contributed by atoms with Gasteiger partial charge in [0.15, 0.2) is 0 Å². The van der Waals surface area contributed by atoms with Gasteiger partial charge in [-0.25, -0.2) is 0 Å². The highest BCUT2D eigenvalue weighted by atomic mass is 14.9. The summed E-state index contributed by atoms with van der Waals surface area (Å²) in [5, 5.41) is 3.54. The average Bonchev–Trinajstić information content (AvgIpc) is 2.39. The van der Waals surface area contributed by atoms with E-state index in [0.717, 1.165) is 6.42 Å². The van der Waals surface area contributed by atoms with Crippen LogP contribution in [-0.4, -0.2) is 11.0 Å². The minimum Gasteiger partial charge on any atom is -0.382 e. The molecule has 0 fully saturated rings. The van der Waals surface area contributed by atoms with Gasteiger partial charge < -0.3 is 5.32 Å². The van der Waals surface area contributed by atoms with Gasteiger partial charge in [-0.2, -0.15) is 0 Å². The second-order valence-corrected chi connectivity index (χ2v) is 4.71. The molecule has 2 nitrogen and oxygen atoms in total. The molecule has 1 aromatic heterocycles. The van der Waals surface area contributed by atoms with Crippen LogP contribution >= 0.6 is 0 Å². The SMILES string of the molecule is CC1CC(c2cccnc2)c2ccccc2N1. The van der Waals surface area contributed by atoms with Crippen LogP contribution in [0.5, 0.6) is 0 Å². The molecule has 2 aromatic rings. The van der Waals surface area contributed by atoms with E-state index in [4.69, 9.17) is 0 Å². The van der Waals surface area contributed by atoms with Gasteiger partial charge in [-0.3, -0.25) is 4.98 Å². The molecular weight excluding hydrogens is 208 g/mol. The molecule has 17 heavy (non-hydrogen) atoms. The molecule has 1 N–H and O–H groups in total. The van der Waals surface area contributed by atoms with Crippen LogP contribution in [0.25, 0.3) is 0 Å². The first-order valence-corrected chi connectivity index (χ1v) is 6.10. The lowest BCUT2D eigenvalue weighted by Crippen LogP contribution is -2.25. The summed E-state index contributed by atoms with van der Waals surface area (Å²) in [5.74, 6) is 0.469. The number of para-hydroxylation sites is 1. The maximum Gasteiger partial charge on any atom is 0.0381 e. The van der Waals surface area contributed by atoms with E-state index < -0.39 is 0 Å². The quantitative estimate of drug-likeness (QED) is 0.802. The Morgan fingerprint density at radius 1 is 1.18 bits per heavy atom. The van der Waals surface area contributed by atoms with Crippen molar-refractivity contribution in [2.75, 3.05) is 5.32 Å². The Hall–Kier alpha value is -1.83. The molecule has 2 heteroatoms. The number of hydrogen-bond acceptors (Lipinski definition) is 2. The molecular formula is C15H16N2. The monoisotopic (exact) mass is 224 g/mol. The van der Waals surface area contributed by atoms with Crippen molar-refractivity contribution in [3.63, 3.8) is 0 Å². The van der Waals surface area contributed by atoms with E-state index in [0.29, 0.717) is 12.0 Å². The Morgan fingerprint density at radius 3 is 2.88 bits per heavy atom. The fourth-order valence-corrected chi connectivity index (χ4v) is 2.63. The van der Waals surface area contributed by atoms with Crippen LogP contribution in [0.3, 0.4) is 0 Å². The van der Waals surface area contributed by atoms with Gasteiger partial charge >= 0.3 is 0 Å². The smallest absolute Gasteiger partial charge is 0.0381 e. The number of nitrogens with one attached hydrogen (secondary N) is 1. The molecule has 0 amide bonds. The van der Waals surface area contributed by atoms with Crippen molar-refractivity contribution in [2.24, 2.45) is 0 Å². The summed E-state index contributed by atoms with van der Waals surface area (Å²) in [6.45, 7) is 2.24. The molecule has 1 aliphatic rings. The Labute approximate surface area is 102 Å². The van der Waals surface area contributed by atoms with Crippen molar-refractivity contribution in [3.8, 4) is 0 Å². The fraction of sp³-hybridized carbons (Fsp3) is 0.267. The molecule has 0 radical (unpaired) electrons. The number of hydrogen-bond donors (Lipinski definition) is 1. The third kappa shape index (κ3) is 1.91. The van der Waals surface area contributed by atoms with Crippen LogP contribution in [0.1, 0.15) is 30.4 Å². The van der Waals surface area contributed by atoms with Crippen LogP contribution in [0, 0.1) is 0 Å². The Balaban J connectivity index is 2.07. The van der Waals surface area contributed by atoms with Crippen LogP contribution < -0.4 is 5.32 Å². The van der Waals surface area contributed by atoms with E-state index in [2.05, 4.69) is 47.6 Å². The summed E-state index contributed by atoms with van der Waals surface area (Å²) in [6, 6.07) is 13.3. The first-order valence-electron chi connectivity index (χ1n) is 6.10. The van der Waals surface area contributed by atoms with Gasteiger partial charge in [0.05, 0.1) is 0 Å². The van der Waals surface area contributed by atoms with Gasteiger partial charge in [-0.15, -0.1) is 0 Å². The summed E-state index contributed by atoms with van der Waals surface area (Å²) in [7, 11) is 0. The van der Waals surface area contributed by atoms with Gasteiger partial charge in [0, 0.05) is 30.0 Å². The van der Waals surface area contributed by atoms with Crippen molar-refractivity contribution in [1.82, 2.24) is 4.98 Å². The zero-order chi connectivity index (χ0) is 11.7. The molecule has 2 atom stereocenters. The van der Waals surface area contributed by atoms with Crippen LogP contribution in [-0.2, 0) is 0 Å². The van der Waals surface area contributed by atoms with Gasteiger partial charge in [0.25, 0.3) is 0 Å². The summed E-state index contributed by atoms with van der Waals surface area (Å²) >= 11 is 0. The number of nitrogens with zero attached hydrogens (tertiary/aromatic N) is 1. The largest absolute Gasteiger partial charge is 0.382 e. The standard InChI is InChI=1S/C15H16N2/c1-11-9-14(12-5-4-8-16-10-12)13-6-2-3-7-15(13)17-11/h2-8,10-11,14,17H,9H2,1H3. The zero-order valence-corrected chi connectivity index (χ0v) is 9.93. The van der Waals surface area contributed by atoms with Crippen LogP contribution in [0.2, 0.25) is 0 Å². The Kier molecular flexibility index (Phi) is 2.56. The van der Waals surface area contributed by atoms with E-state index >= 15 is 0 Å². The number of fused-ring (bicyclic) bond motifs is 1. The lowest BCUT2D eigenvalue weighted by atomic mass is 9.83. The molecule has 0 spiro atoms. The van der Waals surface area contributed by atoms with Crippen LogP contribution in [0.15, 0.2) is 48.8 Å². The van der Waals surface area contributed by atoms with Gasteiger partial charge in [-0.1, -0.05) is 24.3 Å². The third-order valence-corrected chi connectivity index (χ3v) is 3.41. The summed E-state index contributed by atoms with van der Waals surface area (Å²) in [5.41, 5.74) is 3.96. The summed E-state index contributed by atoms with van der Waals surface area (Å²) in [6.07, 6.45) is 4.95. The molecule has 2 unspecified atom stereocenters. The van der Waals surface area contributed by atoms with Gasteiger partial charge in [-0.05, 0) is 36.6 Å².